The maximum Gasteiger partial charge on any atom is 0.0938 e. The predicted octanol–water partition coefficient (Wildman–Crippen LogP) is -0.176. The SMILES string of the molecule is O[C@@H]1CN(CCC2CC2)C[C@@H]1O. The monoisotopic (exact) mass is 171 g/mol. The maximum atomic E-state index is 9.26. The Kier molecular flexibility index (Phi) is 2.35. The van der Waals surface area contributed by atoms with Gasteiger partial charge in [0.1, 0.15) is 0 Å². The second kappa shape index (κ2) is 3.32. The zero-order chi connectivity index (χ0) is 8.55. The maximum absolute atomic E-state index is 9.26. The lowest BCUT2D eigenvalue weighted by Gasteiger charge is -2.13. The minimum atomic E-state index is -0.510. The van der Waals surface area contributed by atoms with Crippen LogP contribution in [0.5, 0.6) is 0 Å². The van der Waals surface area contributed by atoms with Crippen molar-refractivity contribution in [3.8, 4) is 0 Å². The number of aliphatic hydroxyl groups excluding tert-OH is 2. The standard InChI is InChI=1S/C9H17NO2/c11-8-5-10(6-9(8)12)4-3-7-1-2-7/h7-9,11-12H,1-6H2/t8-,9+. The van der Waals surface area contributed by atoms with Crippen molar-refractivity contribution in [2.24, 2.45) is 5.92 Å². The van der Waals surface area contributed by atoms with Gasteiger partial charge in [0.05, 0.1) is 12.2 Å². The molecule has 1 heterocycles. The summed E-state index contributed by atoms with van der Waals surface area (Å²) < 4.78 is 0. The van der Waals surface area contributed by atoms with E-state index in [4.69, 9.17) is 0 Å². The van der Waals surface area contributed by atoms with E-state index >= 15 is 0 Å². The molecule has 2 aliphatic rings. The van der Waals surface area contributed by atoms with Crippen molar-refractivity contribution in [3.63, 3.8) is 0 Å². The molecule has 0 aromatic carbocycles. The Labute approximate surface area is 73.0 Å². The summed E-state index contributed by atoms with van der Waals surface area (Å²) in [6.07, 6.45) is 3.01. The summed E-state index contributed by atoms with van der Waals surface area (Å²) in [4.78, 5) is 2.16. The summed E-state index contributed by atoms with van der Waals surface area (Å²) >= 11 is 0. The highest BCUT2D eigenvalue weighted by Gasteiger charge is 2.30. The van der Waals surface area contributed by atoms with Crippen LogP contribution in [0.1, 0.15) is 19.3 Å². The molecule has 1 saturated carbocycles. The van der Waals surface area contributed by atoms with Gasteiger partial charge in [-0.15, -0.1) is 0 Å². The van der Waals surface area contributed by atoms with Crippen LogP contribution in [0.25, 0.3) is 0 Å². The topological polar surface area (TPSA) is 43.7 Å². The number of hydrogen-bond donors (Lipinski definition) is 2. The zero-order valence-corrected chi connectivity index (χ0v) is 7.32. The van der Waals surface area contributed by atoms with Crippen molar-refractivity contribution in [3.05, 3.63) is 0 Å². The molecule has 1 aliphatic heterocycles. The normalized spacial score (nSPS) is 37.5. The summed E-state index contributed by atoms with van der Waals surface area (Å²) in [6.45, 7) is 2.38. The largest absolute Gasteiger partial charge is 0.389 e. The predicted molar refractivity (Wildman–Crippen MR) is 45.8 cm³/mol. The zero-order valence-electron chi connectivity index (χ0n) is 7.32. The van der Waals surface area contributed by atoms with Gasteiger partial charge in [-0.2, -0.15) is 0 Å². The summed E-state index contributed by atoms with van der Waals surface area (Å²) in [7, 11) is 0. The Bertz CT molecular complexity index is 149. The number of likely N-dealkylation sites (tertiary alicyclic amines) is 1. The van der Waals surface area contributed by atoms with E-state index in [0.717, 1.165) is 12.5 Å². The fourth-order valence-electron chi connectivity index (χ4n) is 1.80. The number of aliphatic hydroxyl groups is 2. The molecule has 2 atom stereocenters. The molecule has 0 aromatic heterocycles. The van der Waals surface area contributed by atoms with Gasteiger partial charge in [-0.25, -0.2) is 0 Å². The molecular formula is C9H17NO2. The van der Waals surface area contributed by atoms with Crippen LogP contribution < -0.4 is 0 Å². The average Bonchev–Trinajstić information content (AvgIpc) is 2.78. The molecule has 0 spiro atoms. The van der Waals surface area contributed by atoms with Crippen molar-refractivity contribution >= 4 is 0 Å². The van der Waals surface area contributed by atoms with Gasteiger partial charge < -0.3 is 10.2 Å². The first-order chi connectivity index (χ1) is 5.75. The molecule has 0 bridgehead atoms. The first kappa shape index (κ1) is 8.48. The van der Waals surface area contributed by atoms with Gasteiger partial charge in [-0.3, -0.25) is 4.90 Å². The fraction of sp³-hybridized carbons (Fsp3) is 1.00. The minimum absolute atomic E-state index is 0.510. The molecule has 2 N–H and O–H groups in total. The van der Waals surface area contributed by atoms with E-state index in [0.29, 0.717) is 13.1 Å². The van der Waals surface area contributed by atoms with Crippen molar-refractivity contribution in [1.29, 1.82) is 0 Å². The highest BCUT2D eigenvalue weighted by Crippen LogP contribution is 2.32. The molecule has 0 unspecified atom stereocenters. The van der Waals surface area contributed by atoms with Crippen LogP contribution in [0.3, 0.4) is 0 Å². The summed E-state index contributed by atoms with van der Waals surface area (Å²) in [5, 5.41) is 18.5. The number of rotatable bonds is 3. The third-order valence-electron chi connectivity index (χ3n) is 2.89. The lowest BCUT2D eigenvalue weighted by Crippen LogP contribution is -2.23. The van der Waals surface area contributed by atoms with Crippen LogP contribution in [0.4, 0.5) is 0 Å². The number of hydrogen-bond acceptors (Lipinski definition) is 3. The van der Waals surface area contributed by atoms with Crippen molar-refractivity contribution in [2.75, 3.05) is 19.6 Å². The van der Waals surface area contributed by atoms with Gasteiger partial charge in [0.2, 0.25) is 0 Å². The first-order valence-corrected chi connectivity index (χ1v) is 4.84. The van der Waals surface area contributed by atoms with Gasteiger partial charge in [0.25, 0.3) is 0 Å². The number of β-amino-alcohol motifs (C(OH)–C–C–N with tert-alkyl or cyclic N) is 2. The molecule has 0 aromatic rings. The molecule has 0 amide bonds. The highest BCUT2D eigenvalue weighted by molar-refractivity contribution is 4.84. The fourth-order valence-corrected chi connectivity index (χ4v) is 1.80. The van der Waals surface area contributed by atoms with Crippen LogP contribution >= 0.6 is 0 Å². The van der Waals surface area contributed by atoms with E-state index < -0.39 is 12.2 Å². The van der Waals surface area contributed by atoms with E-state index in [1.165, 1.54) is 19.3 Å². The Morgan fingerprint density at radius 1 is 1.08 bits per heavy atom. The Hall–Kier alpha value is -0.120. The first-order valence-electron chi connectivity index (χ1n) is 4.84. The second-order valence-electron chi connectivity index (χ2n) is 4.13. The van der Waals surface area contributed by atoms with Crippen LogP contribution in [-0.4, -0.2) is 47.0 Å². The molecule has 1 aliphatic carbocycles. The van der Waals surface area contributed by atoms with Gasteiger partial charge in [-0.05, 0) is 18.9 Å². The molecule has 2 rings (SSSR count). The third kappa shape index (κ3) is 1.97. The molecule has 1 saturated heterocycles. The lowest BCUT2D eigenvalue weighted by molar-refractivity contribution is 0.0572. The molecule has 70 valence electrons. The molecule has 12 heavy (non-hydrogen) atoms. The Morgan fingerprint density at radius 3 is 2.17 bits per heavy atom. The summed E-state index contributed by atoms with van der Waals surface area (Å²) in [5.74, 6) is 0.944. The van der Waals surface area contributed by atoms with Crippen LogP contribution in [0.2, 0.25) is 0 Å². The number of nitrogens with zero attached hydrogens (tertiary/aromatic N) is 1. The van der Waals surface area contributed by atoms with Crippen molar-refractivity contribution < 1.29 is 10.2 Å². The van der Waals surface area contributed by atoms with Crippen LogP contribution in [-0.2, 0) is 0 Å². The molecule has 2 fully saturated rings. The van der Waals surface area contributed by atoms with Gasteiger partial charge >= 0.3 is 0 Å². The van der Waals surface area contributed by atoms with Crippen molar-refractivity contribution in [1.82, 2.24) is 4.90 Å². The van der Waals surface area contributed by atoms with E-state index in [9.17, 15) is 10.2 Å². The van der Waals surface area contributed by atoms with Gasteiger partial charge in [0.15, 0.2) is 0 Å². The Morgan fingerprint density at radius 2 is 1.67 bits per heavy atom. The van der Waals surface area contributed by atoms with E-state index in [2.05, 4.69) is 4.90 Å². The second-order valence-corrected chi connectivity index (χ2v) is 4.13. The average molecular weight is 171 g/mol. The quantitative estimate of drug-likeness (QED) is 0.619. The van der Waals surface area contributed by atoms with Crippen LogP contribution in [0.15, 0.2) is 0 Å². The molecule has 0 radical (unpaired) electrons. The lowest BCUT2D eigenvalue weighted by atomic mass is 10.3. The highest BCUT2D eigenvalue weighted by atomic mass is 16.3. The van der Waals surface area contributed by atoms with E-state index in [1.54, 1.807) is 0 Å². The molecule has 3 heteroatoms. The van der Waals surface area contributed by atoms with E-state index in [-0.39, 0.29) is 0 Å². The Balaban J connectivity index is 1.67. The summed E-state index contributed by atoms with van der Waals surface area (Å²) in [5.41, 5.74) is 0. The minimum Gasteiger partial charge on any atom is -0.389 e. The van der Waals surface area contributed by atoms with Crippen LogP contribution in [0, 0.1) is 5.92 Å². The molecule has 3 nitrogen and oxygen atoms in total. The van der Waals surface area contributed by atoms with E-state index in [1.807, 2.05) is 0 Å². The summed E-state index contributed by atoms with van der Waals surface area (Å²) in [6, 6.07) is 0. The van der Waals surface area contributed by atoms with Crippen molar-refractivity contribution in [2.45, 2.75) is 31.5 Å². The van der Waals surface area contributed by atoms with Gasteiger partial charge in [0, 0.05) is 13.1 Å². The van der Waals surface area contributed by atoms with Gasteiger partial charge in [-0.1, -0.05) is 12.8 Å². The smallest absolute Gasteiger partial charge is 0.0938 e. The third-order valence-corrected chi connectivity index (χ3v) is 2.89. The molecular weight excluding hydrogens is 154 g/mol.